The summed E-state index contributed by atoms with van der Waals surface area (Å²) < 4.78 is 2.17. The molecule has 1 aromatic rings. The summed E-state index contributed by atoms with van der Waals surface area (Å²) in [6, 6.07) is 0.607. The van der Waals surface area contributed by atoms with Gasteiger partial charge in [0.25, 0.3) is 0 Å². The van der Waals surface area contributed by atoms with E-state index in [2.05, 4.69) is 33.6 Å². The van der Waals surface area contributed by atoms with Crippen LogP contribution >= 0.6 is 0 Å². The summed E-state index contributed by atoms with van der Waals surface area (Å²) >= 11 is 0. The van der Waals surface area contributed by atoms with Gasteiger partial charge in [0.05, 0.1) is 6.33 Å². The van der Waals surface area contributed by atoms with Gasteiger partial charge in [-0.1, -0.05) is 6.92 Å². The summed E-state index contributed by atoms with van der Waals surface area (Å²) in [6.45, 7) is 10.3. The number of hydrogen-bond donors (Lipinski definition) is 1. The number of nitrogens with zero attached hydrogens (tertiary/aromatic N) is 3. The molecule has 0 amide bonds. The zero-order chi connectivity index (χ0) is 12.1. The second-order valence-electron chi connectivity index (χ2n) is 5.07. The molecule has 2 rings (SSSR count). The number of rotatable bonds is 6. The third kappa shape index (κ3) is 3.54. The fourth-order valence-corrected chi connectivity index (χ4v) is 2.59. The summed E-state index contributed by atoms with van der Waals surface area (Å²) in [5.74, 6) is 0.834. The van der Waals surface area contributed by atoms with Crippen LogP contribution in [0.1, 0.15) is 20.3 Å². The second kappa shape index (κ2) is 6.17. The summed E-state index contributed by atoms with van der Waals surface area (Å²) in [6.07, 6.45) is 7.14. The topological polar surface area (TPSA) is 33.1 Å². The highest BCUT2D eigenvalue weighted by molar-refractivity contribution is 4.83. The third-order valence-corrected chi connectivity index (χ3v) is 3.66. The van der Waals surface area contributed by atoms with Gasteiger partial charge < -0.3 is 9.88 Å². The van der Waals surface area contributed by atoms with E-state index in [1.165, 1.54) is 26.1 Å². The van der Waals surface area contributed by atoms with E-state index in [-0.39, 0.29) is 0 Å². The van der Waals surface area contributed by atoms with Gasteiger partial charge in [0, 0.05) is 31.5 Å². The lowest BCUT2D eigenvalue weighted by Crippen LogP contribution is -2.35. The number of aromatic nitrogens is 2. The van der Waals surface area contributed by atoms with E-state index in [1.54, 1.807) is 0 Å². The van der Waals surface area contributed by atoms with Gasteiger partial charge in [0.1, 0.15) is 0 Å². The molecule has 2 heterocycles. The van der Waals surface area contributed by atoms with Crippen molar-refractivity contribution in [3.63, 3.8) is 0 Å². The Morgan fingerprint density at radius 1 is 1.53 bits per heavy atom. The molecule has 0 saturated carbocycles. The van der Waals surface area contributed by atoms with E-state index in [0.29, 0.717) is 6.04 Å². The van der Waals surface area contributed by atoms with Crippen molar-refractivity contribution in [1.29, 1.82) is 0 Å². The zero-order valence-corrected chi connectivity index (χ0v) is 11.0. The minimum Gasteiger partial charge on any atom is -0.336 e. The summed E-state index contributed by atoms with van der Waals surface area (Å²) in [5, 5.41) is 3.45. The van der Waals surface area contributed by atoms with Crippen LogP contribution in [-0.4, -0.2) is 46.7 Å². The van der Waals surface area contributed by atoms with E-state index in [4.69, 9.17) is 0 Å². The van der Waals surface area contributed by atoms with Gasteiger partial charge in [-0.25, -0.2) is 4.98 Å². The van der Waals surface area contributed by atoms with Crippen LogP contribution in [0.25, 0.3) is 0 Å². The predicted octanol–water partition coefficient (Wildman–Crippen LogP) is 1.20. The SMILES string of the molecule is CCNCC1CCN(C(C)Cn2ccnc2)C1. The Labute approximate surface area is 104 Å². The molecule has 0 aliphatic carbocycles. The quantitative estimate of drug-likeness (QED) is 0.806. The molecule has 2 unspecified atom stereocenters. The average Bonchev–Trinajstić information content (AvgIpc) is 2.96. The first kappa shape index (κ1) is 12.6. The van der Waals surface area contributed by atoms with Crippen LogP contribution < -0.4 is 5.32 Å². The maximum absolute atomic E-state index is 4.09. The molecule has 0 radical (unpaired) electrons. The first-order valence-electron chi connectivity index (χ1n) is 6.70. The smallest absolute Gasteiger partial charge is 0.0946 e. The van der Waals surface area contributed by atoms with Crippen molar-refractivity contribution in [3.8, 4) is 0 Å². The van der Waals surface area contributed by atoms with Gasteiger partial charge in [0.2, 0.25) is 0 Å². The molecule has 0 spiro atoms. The van der Waals surface area contributed by atoms with E-state index in [9.17, 15) is 0 Å². The lowest BCUT2D eigenvalue weighted by atomic mass is 10.1. The predicted molar refractivity (Wildman–Crippen MR) is 69.9 cm³/mol. The first-order chi connectivity index (χ1) is 8.29. The first-order valence-corrected chi connectivity index (χ1v) is 6.70. The Morgan fingerprint density at radius 3 is 3.12 bits per heavy atom. The van der Waals surface area contributed by atoms with Crippen molar-refractivity contribution in [2.45, 2.75) is 32.9 Å². The molecule has 17 heavy (non-hydrogen) atoms. The van der Waals surface area contributed by atoms with Crippen molar-refractivity contribution in [2.75, 3.05) is 26.2 Å². The van der Waals surface area contributed by atoms with E-state index >= 15 is 0 Å². The minimum absolute atomic E-state index is 0.607. The van der Waals surface area contributed by atoms with Crippen molar-refractivity contribution in [2.24, 2.45) is 5.92 Å². The molecule has 1 aromatic heterocycles. The number of imidazole rings is 1. The maximum atomic E-state index is 4.09. The van der Waals surface area contributed by atoms with Crippen molar-refractivity contribution >= 4 is 0 Å². The lowest BCUT2D eigenvalue weighted by molar-refractivity contribution is 0.226. The zero-order valence-electron chi connectivity index (χ0n) is 11.0. The van der Waals surface area contributed by atoms with Crippen LogP contribution in [0, 0.1) is 5.92 Å². The molecule has 0 bridgehead atoms. The Bertz CT molecular complexity index is 309. The van der Waals surface area contributed by atoms with E-state index in [1.807, 2.05) is 18.7 Å². The number of hydrogen-bond acceptors (Lipinski definition) is 3. The fourth-order valence-electron chi connectivity index (χ4n) is 2.59. The molecule has 1 aliphatic rings. The van der Waals surface area contributed by atoms with E-state index < -0.39 is 0 Å². The molecule has 1 N–H and O–H groups in total. The number of likely N-dealkylation sites (tertiary alicyclic amines) is 1. The van der Waals surface area contributed by atoms with Gasteiger partial charge in [-0.3, -0.25) is 4.90 Å². The summed E-state index contributed by atoms with van der Waals surface area (Å²) in [7, 11) is 0. The molecule has 1 aliphatic heterocycles. The molecule has 96 valence electrons. The summed E-state index contributed by atoms with van der Waals surface area (Å²) in [5.41, 5.74) is 0. The highest BCUT2D eigenvalue weighted by atomic mass is 15.2. The average molecular weight is 236 g/mol. The van der Waals surface area contributed by atoms with Crippen LogP contribution in [0.5, 0.6) is 0 Å². The molecule has 1 fully saturated rings. The van der Waals surface area contributed by atoms with E-state index in [0.717, 1.165) is 19.0 Å². The Morgan fingerprint density at radius 2 is 2.41 bits per heavy atom. The van der Waals surface area contributed by atoms with Crippen molar-refractivity contribution in [3.05, 3.63) is 18.7 Å². The van der Waals surface area contributed by atoms with Gasteiger partial charge in [0.15, 0.2) is 0 Å². The van der Waals surface area contributed by atoms with Gasteiger partial charge >= 0.3 is 0 Å². The molecule has 0 aromatic carbocycles. The Kier molecular flexibility index (Phi) is 4.57. The van der Waals surface area contributed by atoms with Gasteiger partial charge in [-0.2, -0.15) is 0 Å². The third-order valence-electron chi connectivity index (χ3n) is 3.66. The highest BCUT2D eigenvalue weighted by Crippen LogP contribution is 2.18. The number of nitrogens with one attached hydrogen (secondary N) is 1. The Balaban J connectivity index is 1.75. The molecular formula is C13H24N4. The highest BCUT2D eigenvalue weighted by Gasteiger charge is 2.25. The lowest BCUT2D eigenvalue weighted by Gasteiger charge is -2.24. The van der Waals surface area contributed by atoms with Crippen molar-refractivity contribution < 1.29 is 0 Å². The molecule has 4 heteroatoms. The standard InChI is InChI=1S/C13H24N4/c1-3-14-8-13-4-6-17(10-13)12(2)9-16-7-5-15-11-16/h5,7,11-14H,3-4,6,8-10H2,1-2H3. The second-order valence-corrected chi connectivity index (χ2v) is 5.07. The molecule has 4 nitrogen and oxygen atoms in total. The largest absolute Gasteiger partial charge is 0.336 e. The normalized spacial score (nSPS) is 23.1. The van der Waals surface area contributed by atoms with Gasteiger partial charge in [-0.15, -0.1) is 0 Å². The molecule has 1 saturated heterocycles. The maximum Gasteiger partial charge on any atom is 0.0946 e. The van der Waals surface area contributed by atoms with Crippen LogP contribution in [0.3, 0.4) is 0 Å². The minimum atomic E-state index is 0.607. The monoisotopic (exact) mass is 236 g/mol. The Hall–Kier alpha value is -0.870. The fraction of sp³-hybridized carbons (Fsp3) is 0.769. The van der Waals surface area contributed by atoms with Crippen LogP contribution in [0.2, 0.25) is 0 Å². The molecular weight excluding hydrogens is 212 g/mol. The van der Waals surface area contributed by atoms with Crippen LogP contribution in [0.4, 0.5) is 0 Å². The molecule has 2 atom stereocenters. The van der Waals surface area contributed by atoms with Gasteiger partial charge in [-0.05, 0) is 38.9 Å². The van der Waals surface area contributed by atoms with Crippen LogP contribution in [0.15, 0.2) is 18.7 Å². The summed E-state index contributed by atoms with van der Waals surface area (Å²) in [4.78, 5) is 6.69. The van der Waals surface area contributed by atoms with Crippen molar-refractivity contribution in [1.82, 2.24) is 19.8 Å². The van der Waals surface area contributed by atoms with Crippen LogP contribution in [-0.2, 0) is 6.54 Å².